The van der Waals surface area contributed by atoms with Crippen LogP contribution in [0.3, 0.4) is 0 Å². The number of nitrogens with zero attached hydrogens (tertiary/aromatic N) is 6. The predicted octanol–water partition coefficient (Wildman–Crippen LogP) is 2.29. The van der Waals surface area contributed by atoms with Gasteiger partial charge >= 0.3 is 0 Å². The van der Waals surface area contributed by atoms with Crippen LogP contribution in [0.5, 0.6) is 0 Å². The summed E-state index contributed by atoms with van der Waals surface area (Å²) in [5, 5.41) is 37.1. The van der Waals surface area contributed by atoms with Gasteiger partial charge in [-0.1, -0.05) is 35.4 Å². The van der Waals surface area contributed by atoms with E-state index in [2.05, 4.69) is 27.5 Å². The smallest absolute Gasteiger partial charge is 0.178 e. The molecule has 0 unspecified atom stereocenters. The zero-order chi connectivity index (χ0) is 25.6. The Morgan fingerprint density at radius 1 is 1.17 bits per heavy atom. The molecule has 1 aliphatic heterocycles. The Kier molecular flexibility index (Phi) is 6.81. The average molecular weight is 525 g/mol. The predicted molar refractivity (Wildman–Crippen MR) is 123 cm³/mol. The van der Waals surface area contributed by atoms with Crippen LogP contribution in [0.25, 0.3) is 11.3 Å². The van der Waals surface area contributed by atoms with Crippen molar-refractivity contribution in [3.05, 3.63) is 46.9 Å². The summed E-state index contributed by atoms with van der Waals surface area (Å²) in [6, 6.07) is 1.68. The van der Waals surface area contributed by atoms with Crippen LogP contribution in [0.1, 0.15) is 37.9 Å². The SMILES string of the molecule is CO[C@@H]1[C@@H](n2cc(-c3ccc(Cl)c(F)c3F)nn2)[C@@H](O)[C@@H](CO)O[C@@H]1Cn1cc(C2(C)CCC2)nn1. The van der Waals surface area contributed by atoms with E-state index in [0.29, 0.717) is 0 Å². The third-order valence-electron chi connectivity index (χ3n) is 7.34. The summed E-state index contributed by atoms with van der Waals surface area (Å²) in [4.78, 5) is 0. The van der Waals surface area contributed by atoms with Gasteiger partial charge in [0.15, 0.2) is 11.6 Å². The maximum atomic E-state index is 14.5. The molecule has 2 aliphatic rings. The van der Waals surface area contributed by atoms with Crippen molar-refractivity contribution < 1.29 is 28.5 Å². The van der Waals surface area contributed by atoms with E-state index in [1.54, 1.807) is 4.68 Å². The number of rotatable bonds is 7. The number of hydrogen-bond donors (Lipinski definition) is 2. The summed E-state index contributed by atoms with van der Waals surface area (Å²) < 4.78 is 43.2. The van der Waals surface area contributed by atoms with Gasteiger partial charge in [0.25, 0.3) is 0 Å². The molecule has 0 radical (unpaired) electrons. The molecule has 1 aliphatic carbocycles. The number of hydrogen-bond acceptors (Lipinski definition) is 8. The zero-order valence-electron chi connectivity index (χ0n) is 19.8. The Labute approximate surface area is 210 Å². The summed E-state index contributed by atoms with van der Waals surface area (Å²) in [6.45, 7) is 1.95. The second kappa shape index (κ2) is 9.75. The zero-order valence-corrected chi connectivity index (χ0v) is 20.5. The van der Waals surface area contributed by atoms with Crippen molar-refractivity contribution in [2.45, 2.75) is 68.6 Å². The Balaban J connectivity index is 1.43. The van der Waals surface area contributed by atoms with Crippen LogP contribution in [0.15, 0.2) is 24.5 Å². The summed E-state index contributed by atoms with van der Waals surface area (Å²) in [7, 11) is 1.47. The minimum Gasteiger partial charge on any atom is -0.394 e. The Bertz CT molecular complexity index is 1240. The summed E-state index contributed by atoms with van der Waals surface area (Å²) >= 11 is 5.65. The third-order valence-corrected chi connectivity index (χ3v) is 7.64. The molecule has 1 saturated heterocycles. The molecule has 2 fully saturated rings. The molecule has 10 nitrogen and oxygen atoms in total. The fraction of sp³-hybridized carbons (Fsp3) is 0.565. The molecule has 2 aromatic heterocycles. The van der Waals surface area contributed by atoms with Gasteiger partial charge in [0.05, 0.1) is 30.1 Å². The van der Waals surface area contributed by atoms with Crippen molar-refractivity contribution >= 4 is 11.6 Å². The normalized spacial score (nSPS) is 27.7. The fourth-order valence-corrected chi connectivity index (χ4v) is 5.14. The van der Waals surface area contributed by atoms with Crippen LogP contribution in [-0.4, -0.2) is 78.3 Å². The Hall–Kier alpha value is -2.51. The summed E-state index contributed by atoms with van der Waals surface area (Å²) in [5.74, 6) is -2.34. The Morgan fingerprint density at radius 3 is 2.61 bits per heavy atom. The first-order chi connectivity index (χ1) is 17.3. The van der Waals surface area contributed by atoms with Gasteiger partial charge in [-0.05, 0) is 25.0 Å². The molecule has 0 amide bonds. The van der Waals surface area contributed by atoms with Crippen molar-refractivity contribution in [3.63, 3.8) is 0 Å². The van der Waals surface area contributed by atoms with E-state index in [1.165, 1.54) is 30.1 Å². The number of methoxy groups -OCH3 is 1. The number of halogens is 3. The van der Waals surface area contributed by atoms with E-state index in [1.807, 2.05) is 6.20 Å². The van der Waals surface area contributed by atoms with Gasteiger partial charge in [0.1, 0.15) is 36.2 Å². The minimum absolute atomic E-state index is 0.0201. The third kappa shape index (κ3) is 4.30. The molecule has 13 heteroatoms. The van der Waals surface area contributed by atoms with Crippen molar-refractivity contribution in [2.75, 3.05) is 13.7 Å². The van der Waals surface area contributed by atoms with Crippen molar-refractivity contribution in [2.24, 2.45) is 0 Å². The van der Waals surface area contributed by atoms with Gasteiger partial charge in [-0.25, -0.2) is 18.1 Å². The molecule has 1 aromatic carbocycles. The van der Waals surface area contributed by atoms with Crippen LogP contribution in [0.2, 0.25) is 5.02 Å². The number of aliphatic hydroxyl groups is 2. The molecular formula is C23H27ClF2N6O4. The number of benzene rings is 1. The van der Waals surface area contributed by atoms with Crippen molar-refractivity contribution in [1.29, 1.82) is 0 Å². The van der Waals surface area contributed by atoms with Gasteiger partial charge in [-0.2, -0.15) is 0 Å². The maximum Gasteiger partial charge on any atom is 0.178 e. The quantitative estimate of drug-likeness (QED) is 0.452. The lowest BCUT2D eigenvalue weighted by molar-refractivity contribution is -0.216. The molecule has 36 heavy (non-hydrogen) atoms. The van der Waals surface area contributed by atoms with E-state index < -0.39 is 48.7 Å². The highest BCUT2D eigenvalue weighted by atomic mass is 35.5. The van der Waals surface area contributed by atoms with Gasteiger partial charge in [0, 0.05) is 24.3 Å². The maximum absolute atomic E-state index is 14.5. The van der Waals surface area contributed by atoms with Crippen LogP contribution >= 0.6 is 11.6 Å². The fourth-order valence-electron chi connectivity index (χ4n) is 4.99. The second-order valence-electron chi connectivity index (χ2n) is 9.62. The molecule has 2 N–H and O–H groups in total. The van der Waals surface area contributed by atoms with Gasteiger partial charge in [-0.3, -0.25) is 0 Å². The minimum atomic E-state index is -1.22. The van der Waals surface area contributed by atoms with E-state index >= 15 is 0 Å². The lowest BCUT2D eigenvalue weighted by atomic mass is 9.68. The highest BCUT2D eigenvalue weighted by Gasteiger charge is 2.47. The average Bonchev–Trinajstić information content (AvgIpc) is 3.52. The number of aliphatic hydroxyl groups excluding tert-OH is 2. The lowest BCUT2D eigenvalue weighted by Crippen LogP contribution is -2.57. The van der Waals surface area contributed by atoms with Crippen molar-refractivity contribution in [3.8, 4) is 11.3 Å². The van der Waals surface area contributed by atoms with Crippen LogP contribution in [0.4, 0.5) is 8.78 Å². The van der Waals surface area contributed by atoms with E-state index in [9.17, 15) is 19.0 Å². The van der Waals surface area contributed by atoms with Gasteiger partial charge < -0.3 is 19.7 Å². The van der Waals surface area contributed by atoms with E-state index in [-0.39, 0.29) is 28.2 Å². The van der Waals surface area contributed by atoms with Crippen molar-refractivity contribution in [1.82, 2.24) is 30.0 Å². The van der Waals surface area contributed by atoms with Crippen LogP contribution in [0, 0.1) is 11.6 Å². The highest BCUT2D eigenvalue weighted by Crippen LogP contribution is 2.42. The Morgan fingerprint density at radius 2 is 1.94 bits per heavy atom. The first-order valence-corrected chi connectivity index (χ1v) is 12.1. The standard InChI is InChI=1S/C23H27ClF2N6O4/c1-23(6-3-7-23)17-10-31(29-28-17)9-15-22(35-2)20(21(34)16(11-33)36-15)32-8-14(27-30-32)12-4-5-13(24)19(26)18(12)25/h4-5,8,10,15-16,20-22,33-34H,3,6-7,9,11H2,1-2H3/t15-,16-,20+,21+,22+/m1/s1. The molecule has 5 atom stereocenters. The molecule has 3 aromatic rings. The van der Waals surface area contributed by atoms with Gasteiger partial charge in [0.2, 0.25) is 0 Å². The largest absolute Gasteiger partial charge is 0.394 e. The van der Waals surface area contributed by atoms with Crippen LogP contribution < -0.4 is 0 Å². The first kappa shape index (κ1) is 25.2. The molecule has 5 rings (SSSR count). The van der Waals surface area contributed by atoms with Crippen LogP contribution in [-0.2, 0) is 21.4 Å². The number of ether oxygens (including phenoxy) is 2. The lowest BCUT2D eigenvalue weighted by Gasteiger charge is -2.43. The highest BCUT2D eigenvalue weighted by molar-refractivity contribution is 6.30. The van der Waals surface area contributed by atoms with E-state index in [0.717, 1.165) is 25.0 Å². The second-order valence-corrected chi connectivity index (χ2v) is 10.0. The molecule has 0 spiro atoms. The summed E-state index contributed by atoms with van der Waals surface area (Å²) in [5.41, 5.74) is 0.843. The monoisotopic (exact) mass is 524 g/mol. The first-order valence-electron chi connectivity index (χ1n) is 11.7. The molecule has 0 bridgehead atoms. The summed E-state index contributed by atoms with van der Waals surface area (Å²) in [6.07, 6.45) is 2.99. The number of aromatic nitrogens is 6. The van der Waals surface area contributed by atoms with Gasteiger partial charge in [-0.15, -0.1) is 10.2 Å². The topological polar surface area (TPSA) is 120 Å². The molecule has 3 heterocycles. The molecule has 194 valence electrons. The molecule has 1 saturated carbocycles. The van der Waals surface area contributed by atoms with E-state index in [4.69, 9.17) is 21.1 Å². The molecular weight excluding hydrogens is 498 g/mol.